The van der Waals surface area contributed by atoms with Crippen LogP contribution in [0, 0.1) is 0 Å². The van der Waals surface area contributed by atoms with Crippen LogP contribution in [0.2, 0.25) is 0 Å². The Kier molecular flexibility index (Phi) is 5.60. The third kappa shape index (κ3) is 3.88. The molecule has 0 saturated carbocycles. The van der Waals surface area contributed by atoms with Crippen molar-refractivity contribution >= 4 is 28.6 Å². The third-order valence-corrected chi connectivity index (χ3v) is 4.43. The molecule has 0 unspecified atom stereocenters. The Morgan fingerprint density at radius 3 is 2.86 bits per heavy atom. The van der Waals surface area contributed by atoms with Crippen LogP contribution < -0.4 is 10.9 Å². The van der Waals surface area contributed by atoms with Crippen LogP contribution in [0.4, 0.5) is 0 Å². The fraction of sp³-hybridized carbons (Fsp3) is 0.438. The Hall–Kier alpha value is -1.82. The predicted octanol–water partition coefficient (Wildman–Crippen LogP) is 2.33. The van der Waals surface area contributed by atoms with E-state index in [9.17, 15) is 9.59 Å². The second-order valence-corrected chi connectivity index (χ2v) is 6.26. The summed E-state index contributed by atoms with van der Waals surface area (Å²) in [6.07, 6.45) is 2.00. The minimum Gasteiger partial charge on any atom is -0.353 e. The molecular formula is C16H21N3O2S. The first kappa shape index (κ1) is 16.5. The molecule has 0 fully saturated rings. The van der Waals surface area contributed by atoms with E-state index in [-0.39, 0.29) is 23.3 Å². The van der Waals surface area contributed by atoms with Crippen molar-refractivity contribution in [2.75, 3.05) is 5.75 Å². The van der Waals surface area contributed by atoms with Gasteiger partial charge in [0.2, 0.25) is 5.91 Å². The number of amides is 1. The number of hydrogen-bond acceptors (Lipinski definition) is 4. The summed E-state index contributed by atoms with van der Waals surface area (Å²) in [6.45, 7) is 4.09. The molecule has 0 saturated heterocycles. The van der Waals surface area contributed by atoms with Gasteiger partial charge < -0.3 is 5.32 Å². The summed E-state index contributed by atoms with van der Waals surface area (Å²) in [5.41, 5.74) is 0.570. The number of para-hydroxylation sites is 1. The van der Waals surface area contributed by atoms with Crippen molar-refractivity contribution in [2.45, 2.75) is 37.9 Å². The van der Waals surface area contributed by atoms with E-state index in [1.54, 1.807) is 13.1 Å². The quantitative estimate of drug-likeness (QED) is 0.655. The van der Waals surface area contributed by atoms with Crippen molar-refractivity contribution in [3.05, 3.63) is 34.6 Å². The number of carbonyl (C=O) groups excluding carboxylic acids is 1. The summed E-state index contributed by atoms with van der Waals surface area (Å²) in [6, 6.07) is 7.41. The van der Waals surface area contributed by atoms with E-state index >= 15 is 0 Å². The second-order valence-electron chi connectivity index (χ2n) is 5.32. The molecule has 2 rings (SSSR count). The molecule has 5 nitrogen and oxygen atoms in total. The number of nitrogens with one attached hydrogen (secondary N) is 1. The molecule has 2 aromatic rings. The van der Waals surface area contributed by atoms with Crippen LogP contribution in [0.3, 0.4) is 0 Å². The highest BCUT2D eigenvalue weighted by atomic mass is 32.2. The fourth-order valence-corrected chi connectivity index (χ4v) is 3.06. The maximum absolute atomic E-state index is 12.3. The van der Waals surface area contributed by atoms with Gasteiger partial charge in [0, 0.05) is 13.1 Å². The molecule has 0 bridgehead atoms. The van der Waals surface area contributed by atoms with E-state index in [2.05, 4.69) is 17.2 Å². The van der Waals surface area contributed by atoms with E-state index in [1.807, 2.05) is 25.1 Å². The zero-order valence-electron chi connectivity index (χ0n) is 13.1. The standard InChI is InChI=1S/C16H21N3O2S/c1-4-7-11(2)17-14(20)10-22-16-18-13-9-6-5-8-12(13)15(21)19(16)3/h5-6,8-9,11H,4,7,10H2,1-3H3,(H,17,20)/t11-/m1/s1. The van der Waals surface area contributed by atoms with Crippen LogP contribution in [-0.2, 0) is 11.8 Å². The van der Waals surface area contributed by atoms with Gasteiger partial charge in [0.15, 0.2) is 5.16 Å². The van der Waals surface area contributed by atoms with Crippen LogP contribution in [-0.4, -0.2) is 27.3 Å². The third-order valence-electron chi connectivity index (χ3n) is 3.40. The first-order valence-corrected chi connectivity index (χ1v) is 8.39. The molecule has 1 aromatic heterocycles. The molecule has 1 heterocycles. The lowest BCUT2D eigenvalue weighted by molar-refractivity contribution is -0.119. The molecule has 22 heavy (non-hydrogen) atoms. The molecular weight excluding hydrogens is 298 g/mol. The smallest absolute Gasteiger partial charge is 0.261 e. The highest BCUT2D eigenvalue weighted by Crippen LogP contribution is 2.16. The Morgan fingerprint density at radius 1 is 1.41 bits per heavy atom. The molecule has 118 valence electrons. The maximum Gasteiger partial charge on any atom is 0.261 e. The molecule has 1 N–H and O–H groups in total. The fourth-order valence-electron chi connectivity index (χ4n) is 2.28. The van der Waals surface area contributed by atoms with Gasteiger partial charge in [-0.25, -0.2) is 4.98 Å². The number of nitrogens with zero attached hydrogens (tertiary/aromatic N) is 2. The van der Waals surface area contributed by atoms with Gasteiger partial charge >= 0.3 is 0 Å². The van der Waals surface area contributed by atoms with Crippen molar-refractivity contribution in [1.29, 1.82) is 0 Å². The predicted molar refractivity (Wildman–Crippen MR) is 90.2 cm³/mol. The molecule has 0 spiro atoms. The maximum atomic E-state index is 12.3. The summed E-state index contributed by atoms with van der Waals surface area (Å²) < 4.78 is 1.50. The van der Waals surface area contributed by atoms with E-state index in [4.69, 9.17) is 0 Å². The number of aromatic nitrogens is 2. The summed E-state index contributed by atoms with van der Waals surface area (Å²) in [5.74, 6) is 0.223. The molecule has 0 radical (unpaired) electrons. The van der Waals surface area contributed by atoms with Gasteiger partial charge in [0.25, 0.3) is 5.56 Å². The van der Waals surface area contributed by atoms with Crippen molar-refractivity contribution in [1.82, 2.24) is 14.9 Å². The number of rotatable bonds is 6. The van der Waals surface area contributed by atoms with E-state index in [0.29, 0.717) is 16.1 Å². The van der Waals surface area contributed by atoms with Crippen molar-refractivity contribution in [3.63, 3.8) is 0 Å². The number of fused-ring (bicyclic) bond motifs is 1. The molecule has 6 heteroatoms. The minimum atomic E-state index is -0.0899. The van der Waals surface area contributed by atoms with Crippen molar-refractivity contribution in [3.8, 4) is 0 Å². The van der Waals surface area contributed by atoms with Crippen LogP contribution in [0.25, 0.3) is 10.9 Å². The van der Waals surface area contributed by atoms with Gasteiger partial charge in [-0.15, -0.1) is 0 Å². The zero-order valence-corrected chi connectivity index (χ0v) is 13.9. The van der Waals surface area contributed by atoms with Crippen LogP contribution >= 0.6 is 11.8 Å². The Bertz CT molecular complexity index is 727. The molecule has 0 aliphatic carbocycles. The number of carbonyl (C=O) groups is 1. The number of thioether (sulfide) groups is 1. The summed E-state index contributed by atoms with van der Waals surface area (Å²) >= 11 is 1.28. The zero-order chi connectivity index (χ0) is 16.1. The SMILES string of the molecule is CCC[C@@H](C)NC(=O)CSc1nc2ccccc2c(=O)n1C. The second kappa shape index (κ2) is 7.45. The van der Waals surface area contributed by atoms with Crippen molar-refractivity contribution < 1.29 is 4.79 Å². The Balaban J connectivity index is 2.10. The first-order valence-electron chi connectivity index (χ1n) is 7.40. The van der Waals surface area contributed by atoms with Gasteiger partial charge in [0.1, 0.15) is 0 Å². The van der Waals surface area contributed by atoms with Crippen LogP contribution in [0.15, 0.2) is 34.2 Å². The Morgan fingerprint density at radius 2 is 2.14 bits per heavy atom. The topological polar surface area (TPSA) is 64.0 Å². The normalized spacial score (nSPS) is 12.3. The van der Waals surface area contributed by atoms with Gasteiger partial charge in [-0.3, -0.25) is 14.2 Å². The van der Waals surface area contributed by atoms with Gasteiger partial charge in [-0.05, 0) is 25.5 Å². The largest absolute Gasteiger partial charge is 0.353 e. The number of benzene rings is 1. The molecule has 0 aliphatic heterocycles. The highest BCUT2D eigenvalue weighted by Gasteiger charge is 2.11. The van der Waals surface area contributed by atoms with E-state index in [0.717, 1.165) is 12.8 Å². The molecule has 1 amide bonds. The van der Waals surface area contributed by atoms with Gasteiger partial charge in [0.05, 0.1) is 16.7 Å². The lowest BCUT2D eigenvalue weighted by Crippen LogP contribution is -2.33. The molecule has 0 aliphatic rings. The van der Waals surface area contributed by atoms with E-state index in [1.165, 1.54) is 16.3 Å². The monoisotopic (exact) mass is 319 g/mol. The summed E-state index contributed by atoms with van der Waals surface area (Å²) in [7, 11) is 1.68. The lowest BCUT2D eigenvalue weighted by Gasteiger charge is -2.13. The number of hydrogen-bond donors (Lipinski definition) is 1. The van der Waals surface area contributed by atoms with Crippen LogP contribution in [0.1, 0.15) is 26.7 Å². The van der Waals surface area contributed by atoms with Gasteiger partial charge in [-0.1, -0.05) is 37.2 Å². The summed E-state index contributed by atoms with van der Waals surface area (Å²) in [4.78, 5) is 28.6. The lowest BCUT2D eigenvalue weighted by atomic mass is 10.2. The van der Waals surface area contributed by atoms with E-state index < -0.39 is 0 Å². The molecule has 1 atom stereocenters. The first-order chi connectivity index (χ1) is 10.5. The average Bonchev–Trinajstić information content (AvgIpc) is 2.49. The highest BCUT2D eigenvalue weighted by molar-refractivity contribution is 7.99. The Labute approximate surface area is 134 Å². The van der Waals surface area contributed by atoms with Crippen molar-refractivity contribution in [2.24, 2.45) is 7.05 Å². The molecule has 1 aromatic carbocycles. The van der Waals surface area contributed by atoms with Crippen LogP contribution in [0.5, 0.6) is 0 Å². The average molecular weight is 319 g/mol. The van der Waals surface area contributed by atoms with Gasteiger partial charge in [-0.2, -0.15) is 0 Å². The summed E-state index contributed by atoms with van der Waals surface area (Å²) in [5, 5.41) is 4.10. The minimum absolute atomic E-state index is 0.0339.